The van der Waals surface area contributed by atoms with E-state index >= 15 is 0 Å². The van der Waals surface area contributed by atoms with Gasteiger partial charge in [0.05, 0.1) is 23.8 Å². The number of benzene rings is 1. The topological polar surface area (TPSA) is 45.7 Å². The molecule has 2 fully saturated rings. The molecule has 1 unspecified atom stereocenters. The van der Waals surface area contributed by atoms with Gasteiger partial charge in [-0.1, -0.05) is 41.9 Å². The molecule has 6 heteroatoms. The second kappa shape index (κ2) is 8.43. The van der Waals surface area contributed by atoms with E-state index < -0.39 is 0 Å². The van der Waals surface area contributed by atoms with Gasteiger partial charge in [0.2, 0.25) is 5.91 Å². The molecule has 0 bridgehead atoms. The van der Waals surface area contributed by atoms with Crippen LogP contribution in [-0.4, -0.2) is 59.1 Å². The normalized spacial score (nSPS) is 23.0. The van der Waals surface area contributed by atoms with Crippen LogP contribution in [0.5, 0.6) is 0 Å². The zero-order valence-corrected chi connectivity index (χ0v) is 16.5. The van der Waals surface area contributed by atoms with Crippen molar-refractivity contribution in [1.29, 1.82) is 0 Å². The van der Waals surface area contributed by atoms with Crippen molar-refractivity contribution in [3.63, 3.8) is 0 Å². The molecule has 2 saturated heterocycles. The van der Waals surface area contributed by atoms with E-state index in [4.69, 9.17) is 16.3 Å². The Morgan fingerprint density at radius 3 is 2.89 bits per heavy atom. The lowest BCUT2D eigenvalue weighted by Crippen LogP contribution is -2.54. The minimum absolute atomic E-state index is 0.0437. The molecule has 0 N–H and O–H groups in total. The second-order valence-electron chi connectivity index (χ2n) is 7.46. The van der Waals surface area contributed by atoms with Gasteiger partial charge in [-0.25, -0.2) is 0 Å². The first-order valence-corrected chi connectivity index (χ1v) is 9.98. The minimum atomic E-state index is -0.284. The second-order valence-corrected chi connectivity index (χ2v) is 7.87. The number of hydrogen-bond donors (Lipinski definition) is 0. The highest BCUT2D eigenvalue weighted by Crippen LogP contribution is 2.31. The summed E-state index contributed by atoms with van der Waals surface area (Å²) < 4.78 is 6.16. The van der Waals surface area contributed by atoms with Crippen molar-refractivity contribution in [1.82, 2.24) is 14.8 Å². The van der Waals surface area contributed by atoms with Gasteiger partial charge in [-0.3, -0.25) is 14.7 Å². The molecule has 1 spiro atoms. The molecule has 1 amide bonds. The van der Waals surface area contributed by atoms with E-state index in [-0.39, 0.29) is 11.5 Å². The molecular formula is C22H24ClN3O2. The van der Waals surface area contributed by atoms with Crippen LogP contribution in [0.25, 0.3) is 6.08 Å². The molecular weight excluding hydrogens is 374 g/mol. The quantitative estimate of drug-likeness (QED) is 0.743. The van der Waals surface area contributed by atoms with Crippen molar-refractivity contribution in [2.24, 2.45) is 0 Å². The number of morpholine rings is 1. The van der Waals surface area contributed by atoms with Gasteiger partial charge in [0, 0.05) is 44.6 Å². The summed E-state index contributed by atoms with van der Waals surface area (Å²) in [6, 6.07) is 11.8. The molecule has 2 aliphatic rings. The third kappa shape index (κ3) is 4.43. The molecule has 2 aliphatic heterocycles. The predicted octanol–water partition coefficient (Wildman–Crippen LogP) is 3.25. The summed E-state index contributed by atoms with van der Waals surface area (Å²) in [6.45, 7) is 4.35. The van der Waals surface area contributed by atoms with Gasteiger partial charge in [-0.15, -0.1) is 0 Å². The summed E-state index contributed by atoms with van der Waals surface area (Å²) in [4.78, 5) is 21.0. The molecule has 28 heavy (non-hydrogen) atoms. The smallest absolute Gasteiger partial charge is 0.246 e. The first kappa shape index (κ1) is 19.1. The fourth-order valence-corrected chi connectivity index (χ4v) is 4.13. The standard InChI is InChI=1S/C22H24ClN3O2/c23-20-14-24-10-8-19(20)15-25-11-9-22(16-25)17-26(12-13-28-22)21(27)7-6-18-4-2-1-3-5-18/h1-8,10,14H,9,11-13,15-17H2. The molecule has 3 heterocycles. The average molecular weight is 398 g/mol. The van der Waals surface area contributed by atoms with Crippen molar-refractivity contribution in [2.45, 2.75) is 18.6 Å². The Hall–Kier alpha value is -2.21. The molecule has 4 rings (SSSR count). The van der Waals surface area contributed by atoms with E-state index in [1.165, 1.54) is 0 Å². The number of carbonyl (C=O) groups excluding carboxylic acids is 1. The summed E-state index contributed by atoms with van der Waals surface area (Å²) >= 11 is 6.25. The molecule has 146 valence electrons. The van der Waals surface area contributed by atoms with Crippen LogP contribution >= 0.6 is 11.6 Å². The third-order valence-corrected chi connectivity index (χ3v) is 5.76. The number of ether oxygens (including phenoxy) is 1. The number of hydrogen-bond acceptors (Lipinski definition) is 4. The van der Waals surface area contributed by atoms with Crippen LogP contribution in [0.1, 0.15) is 17.5 Å². The van der Waals surface area contributed by atoms with Gasteiger partial charge < -0.3 is 9.64 Å². The van der Waals surface area contributed by atoms with E-state index in [0.717, 1.165) is 37.2 Å². The van der Waals surface area contributed by atoms with Crippen molar-refractivity contribution in [3.05, 3.63) is 71.0 Å². The van der Waals surface area contributed by atoms with Crippen LogP contribution in [0.2, 0.25) is 5.02 Å². The summed E-state index contributed by atoms with van der Waals surface area (Å²) in [5.41, 5.74) is 1.82. The number of pyridine rings is 1. The zero-order valence-electron chi connectivity index (χ0n) is 15.8. The number of halogens is 1. The SMILES string of the molecule is O=C(C=Cc1ccccc1)N1CCOC2(CCN(Cc3ccncc3Cl)C2)C1. The molecule has 5 nitrogen and oxygen atoms in total. The summed E-state index contributed by atoms with van der Waals surface area (Å²) in [5.74, 6) is 0.0437. The van der Waals surface area contributed by atoms with Crippen LogP contribution in [0.4, 0.5) is 0 Å². The largest absolute Gasteiger partial charge is 0.370 e. The van der Waals surface area contributed by atoms with Crippen molar-refractivity contribution >= 4 is 23.6 Å². The number of likely N-dealkylation sites (tertiary alicyclic amines) is 1. The lowest BCUT2D eigenvalue weighted by atomic mass is 10.0. The van der Waals surface area contributed by atoms with Crippen molar-refractivity contribution in [2.75, 3.05) is 32.8 Å². The zero-order chi connectivity index (χ0) is 19.4. The van der Waals surface area contributed by atoms with Gasteiger partial charge >= 0.3 is 0 Å². The maximum absolute atomic E-state index is 12.7. The summed E-state index contributed by atoms with van der Waals surface area (Å²) in [7, 11) is 0. The molecule has 0 saturated carbocycles. The minimum Gasteiger partial charge on any atom is -0.370 e. The van der Waals surface area contributed by atoms with E-state index in [9.17, 15) is 4.79 Å². The first-order chi connectivity index (χ1) is 13.6. The van der Waals surface area contributed by atoms with Crippen LogP contribution < -0.4 is 0 Å². The van der Waals surface area contributed by atoms with Crippen LogP contribution in [0.3, 0.4) is 0 Å². The van der Waals surface area contributed by atoms with Crippen molar-refractivity contribution in [3.8, 4) is 0 Å². The van der Waals surface area contributed by atoms with Gasteiger partial charge in [0.25, 0.3) is 0 Å². The van der Waals surface area contributed by atoms with Crippen LogP contribution in [-0.2, 0) is 16.1 Å². The van der Waals surface area contributed by atoms with E-state index in [2.05, 4.69) is 9.88 Å². The van der Waals surface area contributed by atoms with Gasteiger partial charge in [0.15, 0.2) is 0 Å². The molecule has 0 radical (unpaired) electrons. The number of amides is 1. The fourth-order valence-electron chi connectivity index (χ4n) is 3.95. The van der Waals surface area contributed by atoms with Crippen molar-refractivity contribution < 1.29 is 9.53 Å². The van der Waals surface area contributed by atoms with Crippen LogP contribution in [0.15, 0.2) is 54.9 Å². The Morgan fingerprint density at radius 2 is 2.07 bits per heavy atom. The molecule has 2 aromatic rings. The number of carbonyl (C=O) groups is 1. The Bertz CT molecular complexity index is 858. The summed E-state index contributed by atoms with van der Waals surface area (Å²) in [5, 5.41) is 0.691. The van der Waals surface area contributed by atoms with E-state index in [0.29, 0.717) is 24.7 Å². The van der Waals surface area contributed by atoms with E-state index in [1.807, 2.05) is 47.4 Å². The maximum Gasteiger partial charge on any atom is 0.246 e. The van der Waals surface area contributed by atoms with Gasteiger partial charge in [0.1, 0.15) is 0 Å². The Balaban J connectivity index is 1.37. The molecule has 0 aliphatic carbocycles. The average Bonchev–Trinajstić information content (AvgIpc) is 3.10. The lowest BCUT2D eigenvalue weighted by molar-refractivity contribution is -0.144. The Labute approximate surface area is 170 Å². The molecule has 1 aromatic heterocycles. The number of aromatic nitrogens is 1. The first-order valence-electron chi connectivity index (χ1n) is 9.60. The highest BCUT2D eigenvalue weighted by molar-refractivity contribution is 6.31. The number of rotatable bonds is 4. The fraction of sp³-hybridized carbons (Fsp3) is 0.364. The third-order valence-electron chi connectivity index (χ3n) is 5.42. The highest BCUT2D eigenvalue weighted by atomic mass is 35.5. The van der Waals surface area contributed by atoms with E-state index in [1.54, 1.807) is 18.5 Å². The Morgan fingerprint density at radius 1 is 1.21 bits per heavy atom. The predicted molar refractivity (Wildman–Crippen MR) is 110 cm³/mol. The monoisotopic (exact) mass is 397 g/mol. The molecule has 1 atom stereocenters. The molecule has 1 aromatic carbocycles. The highest BCUT2D eigenvalue weighted by Gasteiger charge is 2.43. The van der Waals surface area contributed by atoms with Crippen LogP contribution in [0, 0.1) is 0 Å². The summed E-state index contributed by atoms with van der Waals surface area (Å²) in [6.07, 6.45) is 7.90. The lowest BCUT2D eigenvalue weighted by Gasteiger charge is -2.40. The Kier molecular flexibility index (Phi) is 5.76. The number of nitrogens with zero attached hydrogens (tertiary/aromatic N) is 3. The van der Waals surface area contributed by atoms with Gasteiger partial charge in [-0.05, 0) is 29.7 Å². The van der Waals surface area contributed by atoms with Gasteiger partial charge in [-0.2, -0.15) is 0 Å². The maximum atomic E-state index is 12.7.